The summed E-state index contributed by atoms with van der Waals surface area (Å²) < 4.78 is 42.4. The zero-order valence-electron chi connectivity index (χ0n) is 11.0. The van der Waals surface area contributed by atoms with Crippen LogP contribution in [-0.4, -0.2) is 34.7 Å². The second-order valence-electron chi connectivity index (χ2n) is 4.14. The minimum Gasteiger partial charge on any atom is -0.371 e. The number of imidazole rings is 1. The number of fused-ring (bicyclic) bond motifs is 1. The van der Waals surface area contributed by atoms with Gasteiger partial charge in [-0.2, -0.15) is 13.2 Å². The molecule has 0 N–H and O–H groups in total. The van der Waals surface area contributed by atoms with Gasteiger partial charge >= 0.3 is 6.18 Å². The fraction of sp³-hybridized carbons (Fsp3) is 0.462. The van der Waals surface area contributed by atoms with Crippen molar-refractivity contribution in [2.45, 2.75) is 24.8 Å². The Morgan fingerprint density at radius 1 is 1.30 bits per heavy atom. The van der Waals surface area contributed by atoms with E-state index in [1.54, 1.807) is 0 Å². The molecular weight excluding hydrogens is 289 g/mol. The van der Waals surface area contributed by atoms with Crippen molar-refractivity contribution in [3.8, 4) is 0 Å². The molecule has 0 aliphatic rings. The van der Waals surface area contributed by atoms with E-state index in [-0.39, 0.29) is 6.61 Å². The van der Waals surface area contributed by atoms with Crippen LogP contribution in [0.4, 0.5) is 13.2 Å². The average molecular weight is 304 g/mol. The van der Waals surface area contributed by atoms with Gasteiger partial charge in [-0.1, -0.05) is 23.9 Å². The number of thioether (sulfide) groups is 1. The summed E-state index contributed by atoms with van der Waals surface area (Å²) in [5.41, 5.74) is 1.93. The second-order valence-corrected chi connectivity index (χ2v) is 5.21. The second kappa shape index (κ2) is 6.49. The smallest absolute Gasteiger partial charge is 0.371 e. The molecule has 0 unspecified atom stereocenters. The molecule has 110 valence electrons. The van der Waals surface area contributed by atoms with Gasteiger partial charge in [0.2, 0.25) is 0 Å². The van der Waals surface area contributed by atoms with Gasteiger partial charge in [-0.25, -0.2) is 4.98 Å². The number of hydrogen-bond acceptors (Lipinski definition) is 3. The van der Waals surface area contributed by atoms with Crippen molar-refractivity contribution in [1.29, 1.82) is 0 Å². The molecule has 1 aromatic heterocycles. The lowest BCUT2D eigenvalue weighted by molar-refractivity contribution is -0.172. The molecule has 1 heterocycles. The van der Waals surface area contributed by atoms with Crippen LogP contribution < -0.4 is 0 Å². The zero-order valence-corrected chi connectivity index (χ0v) is 11.8. The fourth-order valence-electron chi connectivity index (χ4n) is 1.85. The molecule has 2 aromatic rings. The Hall–Kier alpha value is -1.21. The number of ether oxygens (including phenoxy) is 1. The molecule has 3 nitrogen and oxygen atoms in total. The van der Waals surface area contributed by atoms with Crippen molar-refractivity contribution in [3.63, 3.8) is 0 Å². The van der Waals surface area contributed by atoms with E-state index in [4.69, 9.17) is 0 Å². The van der Waals surface area contributed by atoms with E-state index in [2.05, 4.69) is 9.72 Å². The molecule has 1 aromatic carbocycles. The van der Waals surface area contributed by atoms with Crippen LogP contribution >= 0.6 is 11.8 Å². The molecule has 7 heteroatoms. The van der Waals surface area contributed by atoms with Crippen molar-refractivity contribution in [1.82, 2.24) is 9.55 Å². The summed E-state index contributed by atoms with van der Waals surface area (Å²) in [4.78, 5) is 4.48. The lowest BCUT2D eigenvalue weighted by Crippen LogP contribution is -2.18. The van der Waals surface area contributed by atoms with E-state index in [9.17, 15) is 13.2 Å². The molecule has 2 rings (SSSR count). The Labute approximate surface area is 119 Å². The van der Waals surface area contributed by atoms with Gasteiger partial charge in [0.15, 0.2) is 5.16 Å². The maximum Gasteiger partial charge on any atom is 0.411 e. The first-order chi connectivity index (χ1) is 9.51. The number of aromatic nitrogens is 2. The highest BCUT2D eigenvalue weighted by molar-refractivity contribution is 7.99. The van der Waals surface area contributed by atoms with E-state index in [0.29, 0.717) is 5.75 Å². The monoisotopic (exact) mass is 304 g/mol. The van der Waals surface area contributed by atoms with Crippen LogP contribution in [0.5, 0.6) is 0 Å². The maximum absolute atomic E-state index is 11.9. The van der Waals surface area contributed by atoms with Crippen molar-refractivity contribution >= 4 is 22.8 Å². The van der Waals surface area contributed by atoms with Gasteiger partial charge in [-0.15, -0.1) is 0 Å². The van der Waals surface area contributed by atoms with E-state index in [0.717, 1.165) is 22.7 Å². The molecule has 0 aliphatic heterocycles. The highest BCUT2D eigenvalue weighted by atomic mass is 32.2. The summed E-state index contributed by atoms with van der Waals surface area (Å²) >= 11 is 1.41. The number of benzene rings is 1. The van der Waals surface area contributed by atoms with Gasteiger partial charge in [0.05, 0.1) is 17.6 Å². The van der Waals surface area contributed by atoms with Crippen molar-refractivity contribution in [2.24, 2.45) is 0 Å². The minimum atomic E-state index is -4.26. The minimum absolute atomic E-state index is 0.0527. The first kappa shape index (κ1) is 15.2. The summed E-state index contributed by atoms with van der Waals surface area (Å²) in [5, 5.41) is 0.810. The lowest BCUT2D eigenvalue weighted by atomic mass is 10.3. The molecule has 0 saturated heterocycles. The summed E-state index contributed by atoms with van der Waals surface area (Å²) in [6, 6.07) is 7.76. The molecule has 0 spiro atoms. The number of aryl methyl sites for hydroxylation is 1. The van der Waals surface area contributed by atoms with Gasteiger partial charge in [0.25, 0.3) is 0 Å². The Morgan fingerprint density at radius 3 is 2.75 bits per heavy atom. The van der Waals surface area contributed by atoms with Crippen LogP contribution in [0.25, 0.3) is 11.0 Å². The van der Waals surface area contributed by atoms with Crippen LogP contribution in [0.3, 0.4) is 0 Å². The molecule has 0 atom stereocenters. The zero-order chi connectivity index (χ0) is 14.6. The predicted octanol–water partition coefficient (Wildman–Crippen LogP) is 3.73. The summed E-state index contributed by atoms with van der Waals surface area (Å²) in [6.07, 6.45) is -4.26. The molecule has 0 saturated carbocycles. The van der Waals surface area contributed by atoms with E-state index in [1.807, 2.05) is 35.8 Å². The Kier molecular flexibility index (Phi) is 4.93. The van der Waals surface area contributed by atoms with Crippen LogP contribution in [0.1, 0.15) is 6.92 Å². The normalized spacial score (nSPS) is 12.2. The first-order valence-corrected chi connectivity index (χ1v) is 7.22. The third-order valence-corrected chi connectivity index (χ3v) is 3.60. The van der Waals surface area contributed by atoms with Crippen LogP contribution in [0.2, 0.25) is 0 Å². The number of alkyl halides is 3. The van der Waals surface area contributed by atoms with Gasteiger partial charge in [0.1, 0.15) is 6.61 Å². The summed E-state index contributed by atoms with van der Waals surface area (Å²) in [6.45, 7) is 1.64. The number of rotatable bonds is 6. The third-order valence-electron chi connectivity index (χ3n) is 2.66. The molecule has 0 fully saturated rings. The van der Waals surface area contributed by atoms with Crippen LogP contribution in [-0.2, 0) is 11.3 Å². The number of para-hydroxylation sites is 2. The summed E-state index contributed by atoms with van der Waals surface area (Å²) in [7, 11) is 0. The highest BCUT2D eigenvalue weighted by Crippen LogP contribution is 2.24. The average Bonchev–Trinajstić information content (AvgIpc) is 2.74. The van der Waals surface area contributed by atoms with Crippen molar-refractivity contribution in [3.05, 3.63) is 24.3 Å². The van der Waals surface area contributed by atoms with Gasteiger partial charge < -0.3 is 9.30 Å². The Morgan fingerprint density at radius 2 is 2.05 bits per heavy atom. The number of halogens is 3. The SMILES string of the molecule is CCn1c(SCCOCC(F)(F)F)nc2ccccc21. The number of hydrogen-bond donors (Lipinski definition) is 0. The van der Waals surface area contributed by atoms with Crippen molar-refractivity contribution < 1.29 is 17.9 Å². The molecule has 20 heavy (non-hydrogen) atoms. The Bertz CT molecular complexity index is 568. The standard InChI is InChI=1S/C13H15F3N2OS/c1-2-18-11-6-4-3-5-10(11)17-12(18)20-8-7-19-9-13(14,15)16/h3-6H,2,7-9H2,1H3. The predicted molar refractivity (Wildman–Crippen MR) is 73.0 cm³/mol. The quantitative estimate of drug-likeness (QED) is 0.601. The van der Waals surface area contributed by atoms with Gasteiger partial charge in [0, 0.05) is 12.3 Å². The largest absolute Gasteiger partial charge is 0.411 e. The van der Waals surface area contributed by atoms with Crippen LogP contribution in [0, 0.1) is 0 Å². The van der Waals surface area contributed by atoms with Gasteiger partial charge in [-0.05, 0) is 19.1 Å². The molecule has 0 bridgehead atoms. The lowest BCUT2D eigenvalue weighted by Gasteiger charge is -2.08. The third kappa shape index (κ3) is 3.89. The maximum atomic E-state index is 11.9. The topological polar surface area (TPSA) is 27.1 Å². The van der Waals surface area contributed by atoms with E-state index >= 15 is 0 Å². The number of nitrogens with zero attached hydrogens (tertiary/aromatic N) is 2. The molecular formula is C13H15F3N2OS. The highest BCUT2D eigenvalue weighted by Gasteiger charge is 2.27. The van der Waals surface area contributed by atoms with Crippen molar-refractivity contribution in [2.75, 3.05) is 19.0 Å². The Balaban J connectivity index is 1.93. The van der Waals surface area contributed by atoms with E-state index in [1.165, 1.54) is 11.8 Å². The fourth-order valence-corrected chi connectivity index (χ4v) is 2.78. The molecule has 0 aliphatic carbocycles. The molecule has 0 radical (unpaired) electrons. The molecule has 0 amide bonds. The van der Waals surface area contributed by atoms with E-state index < -0.39 is 12.8 Å². The van der Waals surface area contributed by atoms with Gasteiger partial charge in [-0.3, -0.25) is 0 Å². The first-order valence-electron chi connectivity index (χ1n) is 6.24. The van der Waals surface area contributed by atoms with Crippen LogP contribution in [0.15, 0.2) is 29.4 Å². The summed E-state index contributed by atoms with van der Waals surface area (Å²) in [5.74, 6) is 0.444.